The van der Waals surface area contributed by atoms with Gasteiger partial charge in [0.2, 0.25) is 5.13 Å². The average Bonchev–Trinajstić information content (AvgIpc) is 2.80. The van der Waals surface area contributed by atoms with Gasteiger partial charge in [0, 0.05) is 10.3 Å². The second-order valence-electron chi connectivity index (χ2n) is 5.30. The standard InChI is InChI=1S/C12H16N4O2S/c1-6-7(2)19-11(13-6)15-14-8-9(12(3,4)5)16-18-10(8)17/h16H,1-5H3. The first kappa shape index (κ1) is 13.7. The third-order valence-corrected chi connectivity index (χ3v) is 3.64. The first-order valence-corrected chi connectivity index (χ1v) is 6.68. The van der Waals surface area contributed by atoms with E-state index in [1.54, 1.807) is 0 Å². The smallest absolute Gasteiger partial charge is 0.336 e. The molecule has 19 heavy (non-hydrogen) atoms. The van der Waals surface area contributed by atoms with Crippen molar-refractivity contribution in [3.63, 3.8) is 0 Å². The number of thiazole rings is 1. The van der Waals surface area contributed by atoms with Crippen LogP contribution >= 0.6 is 11.3 Å². The van der Waals surface area contributed by atoms with Gasteiger partial charge in [-0.25, -0.2) is 14.9 Å². The summed E-state index contributed by atoms with van der Waals surface area (Å²) >= 11 is 1.44. The molecule has 2 heterocycles. The van der Waals surface area contributed by atoms with Crippen LogP contribution < -0.4 is 5.63 Å². The Balaban J connectivity index is 2.39. The zero-order valence-corrected chi connectivity index (χ0v) is 12.4. The van der Waals surface area contributed by atoms with E-state index in [9.17, 15) is 4.79 Å². The minimum Gasteiger partial charge on any atom is -0.336 e. The highest BCUT2D eigenvalue weighted by Gasteiger charge is 2.24. The van der Waals surface area contributed by atoms with Crippen LogP contribution in [0.2, 0.25) is 0 Å². The number of aromatic amines is 1. The molecule has 2 aromatic heterocycles. The summed E-state index contributed by atoms with van der Waals surface area (Å²) < 4.78 is 4.79. The molecule has 2 aromatic rings. The van der Waals surface area contributed by atoms with Gasteiger partial charge in [-0.1, -0.05) is 32.1 Å². The van der Waals surface area contributed by atoms with E-state index in [1.165, 1.54) is 11.3 Å². The Labute approximate surface area is 114 Å². The van der Waals surface area contributed by atoms with Crippen LogP contribution in [0.25, 0.3) is 0 Å². The van der Waals surface area contributed by atoms with Crippen LogP contribution in [0.15, 0.2) is 19.5 Å². The van der Waals surface area contributed by atoms with Crippen molar-refractivity contribution in [2.75, 3.05) is 0 Å². The zero-order chi connectivity index (χ0) is 14.2. The van der Waals surface area contributed by atoms with Gasteiger partial charge in [0.1, 0.15) is 0 Å². The maximum Gasteiger partial charge on any atom is 0.384 e. The molecule has 0 fully saturated rings. The molecule has 0 saturated carbocycles. The quantitative estimate of drug-likeness (QED) is 0.850. The van der Waals surface area contributed by atoms with Gasteiger partial charge in [0.05, 0.1) is 11.4 Å². The lowest BCUT2D eigenvalue weighted by Gasteiger charge is -2.14. The molecule has 102 valence electrons. The third-order valence-electron chi connectivity index (χ3n) is 2.68. The van der Waals surface area contributed by atoms with Crippen molar-refractivity contribution in [3.05, 3.63) is 26.7 Å². The van der Waals surface area contributed by atoms with E-state index < -0.39 is 5.63 Å². The Morgan fingerprint density at radius 1 is 1.26 bits per heavy atom. The number of nitrogens with zero attached hydrogens (tertiary/aromatic N) is 3. The van der Waals surface area contributed by atoms with Gasteiger partial charge in [-0.15, -0.1) is 10.2 Å². The molecule has 6 nitrogen and oxygen atoms in total. The van der Waals surface area contributed by atoms with Crippen molar-refractivity contribution in [1.82, 2.24) is 10.1 Å². The molecule has 0 saturated heterocycles. The van der Waals surface area contributed by atoms with Gasteiger partial charge in [-0.05, 0) is 13.8 Å². The number of H-pyrrole nitrogens is 1. The highest BCUT2D eigenvalue weighted by molar-refractivity contribution is 7.15. The molecule has 0 aliphatic rings. The number of azo groups is 1. The third kappa shape index (κ3) is 2.81. The van der Waals surface area contributed by atoms with Crippen molar-refractivity contribution in [1.29, 1.82) is 0 Å². The molecule has 7 heteroatoms. The first-order chi connectivity index (χ1) is 8.79. The number of rotatable bonds is 2. The van der Waals surface area contributed by atoms with Crippen LogP contribution in [0.1, 0.15) is 37.0 Å². The van der Waals surface area contributed by atoms with Gasteiger partial charge in [-0.3, -0.25) is 0 Å². The summed E-state index contributed by atoms with van der Waals surface area (Å²) in [6.45, 7) is 9.77. The number of aryl methyl sites for hydroxylation is 2. The summed E-state index contributed by atoms with van der Waals surface area (Å²) in [5.41, 5.74) is 0.980. The zero-order valence-electron chi connectivity index (χ0n) is 11.6. The fraction of sp³-hybridized carbons (Fsp3) is 0.500. The van der Waals surface area contributed by atoms with Crippen molar-refractivity contribution in [2.45, 2.75) is 40.0 Å². The molecule has 0 aliphatic heterocycles. The van der Waals surface area contributed by atoms with Gasteiger partial charge in [0.25, 0.3) is 0 Å². The maximum atomic E-state index is 11.6. The monoisotopic (exact) mass is 280 g/mol. The van der Waals surface area contributed by atoms with Gasteiger partial charge >= 0.3 is 5.63 Å². The van der Waals surface area contributed by atoms with E-state index in [-0.39, 0.29) is 11.1 Å². The molecule has 0 aliphatic carbocycles. The fourth-order valence-corrected chi connectivity index (χ4v) is 2.22. The van der Waals surface area contributed by atoms with Crippen LogP contribution in [-0.2, 0) is 5.41 Å². The minimum atomic E-state index is -0.515. The van der Waals surface area contributed by atoms with Crippen molar-refractivity contribution < 1.29 is 4.52 Å². The molecule has 0 bridgehead atoms. The van der Waals surface area contributed by atoms with E-state index in [2.05, 4.69) is 20.4 Å². The molecule has 0 radical (unpaired) electrons. The lowest BCUT2D eigenvalue weighted by molar-refractivity contribution is 0.370. The highest BCUT2D eigenvalue weighted by Crippen LogP contribution is 2.30. The van der Waals surface area contributed by atoms with Crippen LogP contribution in [0.4, 0.5) is 10.8 Å². The Hall–Kier alpha value is -1.76. The number of aromatic nitrogens is 2. The normalized spacial score (nSPS) is 12.5. The van der Waals surface area contributed by atoms with Crippen molar-refractivity contribution >= 4 is 22.2 Å². The molecule has 0 amide bonds. The second kappa shape index (κ2) is 4.73. The molecular weight excluding hydrogens is 264 g/mol. The fourth-order valence-electron chi connectivity index (χ4n) is 1.49. The van der Waals surface area contributed by atoms with Crippen molar-refractivity contribution in [3.8, 4) is 0 Å². The maximum absolute atomic E-state index is 11.6. The number of nitrogens with one attached hydrogen (secondary N) is 1. The van der Waals surface area contributed by atoms with E-state index in [0.717, 1.165) is 10.6 Å². The van der Waals surface area contributed by atoms with Crippen LogP contribution in [-0.4, -0.2) is 10.1 Å². The molecule has 0 atom stereocenters. The molecule has 0 spiro atoms. The van der Waals surface area contributed by atoms with Gasteiger partial charge < -0.3 is 4.52 Å². The Bertz CT molecular complexity index is 653. The van der Waals surface area contributed by atoms with Gasteiger partial charge in [-0.2, -0.15) is 0 Å². The summed E-state index contributed by atoms with van der Waals surface area (Å²) in [5.74, 6) is 0. The molecule has 2 rings (SSSR count). The second-order valence-corrected chi connectivity index (χ2v) is 6.48. The Morgan fingerprint density at radius 2 is 1.95 bits per heavy atom. The van der Waals surface area contributed by atoms with E-state index >= 15 is 0 Å². The first-order valence-electron chi connectivity index (χ1n) is 5.87. The minimum absolute atomic E-state index is 0.206. The average molecular weight is 280 g/mol. The Morgan fingerprint density at radius 3 is 2.47 bits per heavy atom. The van der Waals surface area contributed by atoms with Crippen LogP contribution in [0.3, 0.4) is 0 Å². The predicted molar refractivity (Wildman–Crippen MR) is 73.8 cm³/mol. The molecule has 0 aromatic carbocycles. The van der Waals surface area contributed by atoms with Crippen LogP contribution in [0, 0.1) is 13.8 Å². The van der Waals surface area contributed by atoms with Crippen LogP contribution in [0.5, 0.6) is 0 Å². The summed E-state index contributed by atoms with van der Waals surface area (Å²) in [6.07, 6.45) is 0. The summed E-state index contributed by atoms with van der Waals surface area (Å²) in [7, 11) is 0. The van der Waals surface area contributed by atoms with E-state index in [0.29, 0.717) is 10.8 Å². The van der Waals surface area contributed by atoms with E-state index in [4.69, 9.17) is 4.52 Å². The van der Waals surface area contributed by atoms with E-state index in [1.807, 2.05) is 34.6 Å². The number of hydrogen-bond donors (Lipinski definition) is 1. The molecule has 0 unspecified atom stereocenters. The summed E-state index contributed by atoms with van der Waals surface area (Å²) in [6, 6.07) is 0. The summed E-state index contributed by atoms with van der Waals surface area (Å²) in [5, 5.41) is 11.2. The molecule has 1 N–H and O–H groups in total. The number of hydrogen-bond acceptors (Lipinski definition) is 6. The summed E-state index contributed by atoms with van der Waals surface area (Å²) in [4.78, 5) is 16.9. The highest BCUT2D eigenvalue weighted by atomic mass is 32.1. The Kier molecular flexibility index (Phi) is 3.40. The SMILES string of the molecule is Cc1nc(N=Nc2c(C(C)(C)C)[nH]oc2=O)sc1C. The van der Waals surface area contributed by atoms with Gasteiger partial charge in [0.15, 0.2) is 5.69 Å². The lowest BCUT2D eigenvalue weighted by Crippen LogP contribution is -2.12. The van der Waals surface area contributed by atoms with Crippen molar-refractivity contribution in [2.24, 2.45) is 10.2 Å². The molecular formula is C12H16N4O2S. The predicted octanol–water partition coefficient (Wildman–Crippen LogP) is 3.75. The largest absolute Gasteiger partial charge is 0.384 e. The lowest BCUT2D eigenvalue weighted by atomic mass is 9.91. The topological polar surface area (TPSA) is 83.6 Å².